The first-order chi connectivity index (χ1) is 5.75. The van der Waals surface area contributed by atoms with E-state index in [0.29, 0.717) is 0 Å². The number of rotatable bonds is 4. The molecule has 2 atom stereocenters. The molecule has 0 aliphatic carbocycles. The molecule has 13 heavy (non-hydrogen) atoms. The molecular weight excluding hydrogens is 191 g/mol. The van der Waals surface area contributed by atoms with E-state index in [-0.39, 0.29) is 0 Å². The number of halogens is 3. The van der Waals surface area contributed by atoms with Crippen LogP contribution in [0.15, 0.2) is 0 Å². The van der Waals surface area contributed by atoms with Gasteiger partial charge in [0.2, 0.25) is 0 Å². The number of carbonyl (C=O) groups is 1. The summed E-state index contributed by atoms with van der Waals surface area (Å²) in [6.07, 6.45) is -8.32. The first-order valence-electron chi connectivity index (χ1n) is 3.48. The maximum absolute atomic E-state index is 11.7. The molecule has 4 N–H and O–H groups in total. The molecule has 4 nitrogen and oxygen atoms in total. The lowest BCUT2D eigenvalue weighted by Crippen LogP contribution is -2.34. The zero-order valence-electron chi connectivity index (χ0n) is 6.58. The highest BCUT2D eigenvalue weighted by molar-refractivity contribution is 5.72. The molecule has 0 aromatic carbocycles. The summed E-state index contributed by atoms with van der Waals surface area (Å²) >= 11 is 0. The van der Waals surface area contributed by atoms with E-state index in [1.807, 2.05) is 0 Å². The van der Waals surface area contributed by atoms with Gasteiger partial charge in [-0.05, 0) is 12.8 Å². The molecule has 0 saturated heterocycles. The number of aliphatic carboxylic acids is 1. The number of aliphatic hydroxyl groups is 1. The maximum atomic E-state index is 11.7. The van der Waals surface area contributed by atoms with E-state index in [1.165, 1.54) is 0 Å². The van der Waals surface area contributed by atoms with Gasteiger partial charge in [-0.25, -0.2) is 0 Å². The molecule has 0 rings (SSSR count). The predicted octanol–water partition coefficient (Wildman–Crippen LogP) is 0.102. The van der Waals surface area contributed by atoms with Gasteiger partial charge in [0.05, 0.1) is 0 Å². The second-order valence-corrected chi connectivity index (χ2v) is 2.58. The summed E-state index contributed by atoms with van der Waals surface area (Å²) in [6.45, 7) is 0. The molecule has 7 heteroatoms. The molecule has 0 aromatic heterocycles. The van der Waals surface area contributed by atoms with Crippen LogP contribution in [0, 0.1) is 0 Å². The van der Waals surface area contributed by atoms with Gasteiger partial charge < -0.3 is 15.9 Å². The van der Waals surface area contributed by atoms with Crippen molar-refractivity contribution < 1.29 is 28.2 Å². The number of carboxylic acids is 1. The van der Waals surface area contributed by atoms with Crippen LogP contribution in [0.25, 0.3) is 0 Å². The summed E-state index contributed by atoms with van der Waals surface area (Å²) in [5.41, 5.74) is 4.93. The normalized spacial score (nSPS) is 16.7. The minimum absolute atomic E-state index is 0.407. The fraction of sp³-hybridized carbons (Fsp3) is 0.833. The molecule has 0 aliphatic heterocycles. The zero-order valence-corrected chi connectivity index (χ0v) is 6.58. The summed E-state index contributed by atoms with van der Waals surface area (Å²) in [7, 11) is 0. The van der Waals surface area contributed by atoms with E-state index in [1.54, 1.807) is 0 Å². The average Bonchev–Trinajstić information content (AvgIpc) is 1.97. The fourth-order valence-corrected chi connectivity index (χ4v) is 0.625. The van der Waals surface area contributed by atoms with Crippen LogP contribution in [-0.4, -0.2) is 34.5 Å². The molecule has 0 aromatic rings. The SMILES string of the molecule is N[C@H](CC[C@H](O)C(F)(F)F)C(=O)O. The summed E-state index contributed by atoms with van der Waals surface area (Å²) < 4.78 is 35.0. The van der Waals surface area contributed by atoms with E-state index in [4.69, 9.17) is 15.9 Å². The van der Waals surface area contributed by atoms with Crippen molar-refractivity contribution in [2.24, 2.45) is 5.73 Å². The van der Waals surface area contributed by atoms with E-state index >= 15 is 0 Å². The minimum atomic E-state index is -4.71. The molecule has 78 valence electrons. The Bertz CT molecular complexity index is 182. The van der Waals surface area contributed by atoms with Crippen LogP contribution < -0.4 is 5.73 Å². The lowest BCUT2D eigenvalue weighted by Gasteiger charge is -2.15. The maximum Gasteiger partial charge on any atom is 0.414 e. The molecule has 0 radical (unpaired) electrons. The van der Waals surface area contributed by atoms with Crippen molar-refractivity contribution >= 4 is 5.97 Å². The Labute approximate surface area is 72.2 Å². The Balaban J connectivity index is 3.83. The Morgan fingerprint density at radius 3 is 2.15 bits per heavy atom. The van der Waals surface area contributed by atoms with Crippen molar-refractivity contribution in [3.05, 3.63) is 0 Å². The van der Waals surface area contributed by atoms with Crippen LogP contribution in [0.5, 0.6) is 0 Å². The number of hydrogen-bond donors (Lipinski definition) is 3. The smallest absolute Gasteiger partial charge is 0.414 e. The van der Waals surface area contributed by atoms with Crippen LogP contribution in [0.3, 0.4) is 0 Å². The molecule has 0 unspecified atom stereocenters. The summed E-state index contributed by atoms with van der Waals surface area (Å²) in [6, 6.07) is -1.36. The van der Waals surface area contributed by atoms with Crippen LogP contribution in [0.2, 0.25) is 0 Å². The van der Waals surface area contributed by atoms with Gasteiger partial charge in [-0.2, -0.15) is 13.2 Å². The topological polar surface area (TPSA) is 83.5 Å². The van der Waals surface area contributed by atoms with E-state index in [2.05, 4.69) is 0 Å². The van der Waals surface area contributed by atoms with Gasteiger partial charge in [-0.15, -0.1) is 0 Å². The highest BCUT2D eigenvalue weighted by Gasteiger charge is 2.38. The highest BCUT2D eigenvalue weighted by atomic mass is 19.4. The number of alkyl halides is 3. The lowest BCUT2D eigenvalue weighted by molar-refractivity contribution is -0.206. The molecule has 0 heterocycles. The van der Waals surface area contributed by atoms with Crippen LogP contribution in [0.4, 0.5) is 13.2 Å². The largest absolute Gasteiger partial charge is 0.480 e. The first-order valence-corrected chi connectivity index (χ1v) is 3.48. The molecular formula is C6H10F3NO3. The third kappa shape index (κ3) is 4.69. The van der Waals surface area contributed by atoms with E-state index < -0.39 is 37.1 Å². The first kappa shape index (κ1) is 12.2. The van der Waals surface area contributed by atoms with Gasteiger partial charge in [0.15, 0.2) is 0 Å². The fourth-order valence-electron chi connectivity index (χ4n) is 0.625. The van der Waals surface area contributed by atoms with Crippen LogP contribution in [0.1, 0.15) is 12.8 Å². The summed E-state index contributed by atoms with van der Waals surface area (Å²) in [5, 5.41) is 16.7. The average molecular weight is 201 g/mol. The zero-order chi connectivity index (χ0) is 10.6. The second-order valence-electron chi connectivity index (χ2n) is 2.58. The third-order valence-electron chi connectivity index (χ3n) is 1.45. The Morgan fingerprint density at radius 1 is 1.38 bits per heavy atom. The van der Waals surface area contributed by atoms with Crippen molar-refractivity contribution in [1.82, 2.24) is 0 Å². The number of nitrogens with two attached hydrogens (primary N) is 1. The Hall–Kier alpha value is -0.820. The van der Waals surface area contributed by atoms with Crippen molar-refractivity contribution in [3.63, 3.8) is 0 Å². The van der Waals surface area contributed by atoms with Gasteiger partial charge in [0, 0.05) is 0 Å². The second kappa shape index (κ2) is 4.43. The Morgan fingerprint density at radius 2 is 1.85 bits per heavy atom. The monoisotopic (exact) mass is 201 g/mol. The van der Waals surface area contributed by atoms with Gasteiger partial charge in [-0.3, -0.25) is 4.79 Å². The van der Waals surface area contributed by atoms with Gasteiger partial charge in [0.1, 0.15) is 12.1 Å². The minimum Gasteiger partial charge on any atom is -0.480 e. The van der Waals surface area contributed by atoms with Gasteiger partial charge >= 0.3 is 12.1 Å². The molecule has 0 amide bonds. The molecule has 0 aliphatic rings. The van der Waals surface area contributed by atoms with Crippen LogP contribution in [-0.2, 0) is 4.79 Å². The molecule has 0 spiro atoms. The van der Waals surface area contributed by atoms with Crippen molar-refractivity contribution in [1.29, 1.82) is 0 Å². The summed E-state index contributed by atoms with van der Waals surface area (Å²) in [4.78, 5) is 10.1. The Kier molecular flexibility index (Phi) is 4.15. The molecule has 0 bridgehead atoms. The van der Waals surface area contributed by atoms with Crippen molar-refractivity contribution in [3.8, 4) is 0 Å². The third-order valence-corrected chi connectivity index (χ3v) is 1.45. The highest BCUT2D eigenvalue weighted by Crippen LogP contribution is 2.23. The van der Waals surface area contributed by atoms with Crippen molar-refractivity contribution in [2.75, 3.05) is 0 Å². The van der Waals surface area contributed by atoms with Crippen molar-refractivity contribution in [2.45, 2.75) is 31.2 Å². The quantitative estimate of drug-likeness (QED) is 0.602. The lowest BCUT2D eigenvalue weighted by atomic mass is 10.1. The van der Waals surface area contributed by atoms with Gasteiger partial charge in [0.25, 0.3) is 0 Å². The summed E-state index contributed by atoms with van der Waals surface area (Å²) in [5.74, 6) is -1.38. The predicted molar refractivity (Wildman–Crippen MR) is 36.9 cm³/mol. The number of carboxylic acid groups (broad SMARTS) is 1. The molecule has 0 fully saturated rings. The van der Waals surface area contributed by atoms with E-state index in [9.17, 15) is 18.0 Å². The molecule has 0 saturated carbocycles. The standard InChI is InChI=1S/C6H10F3NO3/c7-6(8,9)4(11)2-1-3(10)5(12)13/h3-4,11H,1-2,10H2,(H,12,13)/t3-,4+/m1/s1. The number of hydrogen-bond acceptors (Lipinski definition) is 3. The van der Waals surface area contributed by atoms with Gasteiger partial charge in [-0.1, -0.05) is 0 Å². The number of aliphatic hydroxyl groups excluding tert-OH is 1. The van der Waals surface area contributed by atoms with E-state index in [0.717, 1.165) is 0 Å². The van der Waals surface area contributed by atoms with Crippen LogP contribution >= 0.6 is 0 Å².